The summed E-state index contributed by atoms with van der Waals surface area (Å²) < 4.78 is 13.4. The Morgan fingerprint density at radius 2 is 1.89 bits per heavy atom. The number of benzene rings is 1. The van der Waals surface area contributed by atoms with Gasteiger partial charge in [0.25, 0.3) is 5.91 Å². The van der Waals surface area contributed by atoms with Crippen molar-refractivity contribution in [2.45, 2.75) is 52.5 Å². The van der Waals surface area contributed by atoms with Gasteiger partial charge in [-0.2, -0.15) is 5.10 Å². The average molecular weight is 371 g/mol. The van der Waals surface area contributed by atoms with E-state index in [1.54, 1.807) is 24.4 Å². The summed E-state index contributed by atoms with van der Waals surface area (Å²) in [4.78, 5) is 12.8. The molecule has 1 aromatic carbocycles. The molecule has 1 unspecified atom stereocenters. The third kappa shape index (κ3) is 4.81. The van der Waals surface area contributed by atoms with Gasteiger partial charge in [-0.15, -0.1) is 0 Å². The smallest absolute Gasteiger partial charge is 0.256 e. The number of nitrogens with zero attached hydrogens (tertiary/aromatic N) is 2. The van der Waals surface area contributed by atoms with Gasteiger partial charge in [0.1, 0.15) is 5.82 Å². The molecular formula is C21H29N3O3. The number of carbonyl (C=O) groups excluding carboxylic acids is 1. The molecule has 6 heteroatoms. The minimum atomic E-state index is -0.178. The van der Waals surface area contributed by atoms with Crippen LogP contribution in [0.15, 0.2) is 30.5 Å². The molecule has 1 N–H and O–H groups in total. The number of nitrogens with one attached hydrogen (secondary N) is 1. The molecule has 1 fully saturated rings. The topological polar surface area (TPSA) is 65.4 Å². The number of ether oxygens (including phenoxy) is 2. The predicted octanol–water partition coefficient (Wildman–Crippen LogP) is 4.68. The summed E-state index contributed by atoms with van der Waals surface area (Å²) in [6, 6.07) is 7.46. The van der Waals surface area contributed by atoms with Gasteiger partial charge in [0.05, 0.1) is 25.5 Å². The van der Waals surface area contributed by atoms with E-state index in [0.29, 0.717) is 42.2 Å². The van der Waals surface area contributed by atoms with E-state index in [2.05, 4.69) is 24.3 Å². The number of anilines is 1. The summed E-state index contributed by atoms with van der Waals surface area (Å²) in [7, 11) is 0. The van der Waals surface area contributed by atoms with Crippen LogP contribution in [0.3, 0.4) is 0 Å². The van der Waals surface area contributed by atoms with Gasteiger partial charge in [-0.3, -0.25) is 4.79 Å². The molecule has 0 saturated heterocycles. The summed E-state index contributed by atoms with van der Waals surface area (Å²) in [6.07, 6.45) is 5.99. The van der Waals surface area contributed by atoms with E-state index < -0.39 is 0 Å². The number of aromatic nitrogens is 2. The Morgan fingerprint density at radius 3 is 2.56 bits per heavy atom. The van der Waals surface area contributed by atoms with E-state index in [-0.39, 0.29) is 5.91 Å². The second-order valence-electron chi connectivity index (χ2n) is 7.05. The van der Waals surface area contributed by atoms with Crippen molar-refractivity contribution in [1.82, 2.24) is 9.78 Å². The van der Waals surface area contributed by atoms with E-state index in [9.17, 15) is 4.79 Å². The quantitative estimate of drug-likeness (QED) is 0.658. The lowest BCUT2D eigenvalue weighted by Gasteiger charge is -2.16. The van der Waals surface area contributed by atoms with Crippen molar-refractivity contribution < 1.29 is 14.3 Å². The van der Waals surface area contributed by atoms with Crippen LogP contribution in [0.5, 0.6) is 11.5 Å². The summed E-state index contributed by atoms with van der Waals surface area (Å²) in [5.41, 5.74) is 0.539. The fraction of sp³-hybridized carbons (Fsp3) is 0.524. The van der Waals surface area contributed by atoms with Gasteiger partial charge in [-0.25, -0.2) is 4.68 Å². The Bertz CT molecular complexity index is 768. The maximum Gasteiger partial charge on any atom is 0.256 e. The number of hydrogen-bond donors (Lipinski definition) is 1. The Morgan fingerprint density at radius 1 is 1.19 bits per heavy atom. The predicted molar refractivity (Wildman–Crippen MR) is 106 cm³/mol. The zero-order chi connectivity index (χ0) is 19.2. The van der Waals surface area contributed by atoms with Crippen molar-refractivity contribution >= 4 is 11.7 Å². The highest BCUT2D eigenvalue weighted by Gasteiger charge is 2.30. The SMILES string of the molecule is CCCOc1ccc(C(=O)Nc2ccnn2C(C)C2CC2)cc1OCCC. The summed E-state index contributed by atoms with van der Waals surface area (Å²) in [5, 5.41) is 7.37. The van der Waals surface area contributed by atoms with Crippen LogP contribution < -0.4 is 14.8 Å². The molecule has 1 saturated carbocycles. The van der Waals surface area contributed by atoms with E-state index >= 15 is 0 Å². The number of amides is 1. The van der Waals surface area contributed by atoms with E-state index in [1.165, 1.54) is 12.8 Å². The largest absolute Gasteiger partial charge is 0.490 e. The van der Waals surface area contributed by atoms with Crippen molar-refractivity contribution in [1.29, 1.82) is 0 Å². The van der Waals surface area contributed by atoms with Crippen LogP contribution in [-0.2, 0) is 0 Å². The molecule has 3 rings (SSSR count). The van der Waals surface area contributed by atoms with Gasteiger partial charge < -0.3 is 14.8 Å². The van der Waals surface area contributed by atoms with Crippen LogP contribution in [-0.4, -0.2) is 28.9 Å². The van der Waals surface area contributed by atoms with E-state index in [4.69, 9.17) is 9.47 Å². The molecule has 1 aromatic heterocycles. The first kappa shape index (κ1) is 19.3. The van der Waals surface area contributed by atoms with Crippen molar-refractivity contribution in [3.63, 3.8) is 0 Å². The van der Waals surface area contributed by atoms with Crippen LogP contribution >= 0.6 is 0 Å². The zero-order valence-electron chi connectivity index (χ0n) is 16.4. The van der Waals surface area contributed by atoms with Crippen LogP contribution in [0.1, 0.15) is 62.9 Å². The molecule has 2 aromatic rings. The van der Waals surface area contributed by atoms with Crippen molar-refractivity contribution in [3.8, 4) is 11.5 Å². The molecule has 0 spiro atoms. The van der Waals surface area contributed by atoms with E-state index in [1.807, 2.05) is 17.7 Å². The molecule has 6 nitrogen and oxygen atoms in total. The van der Waals surface area contributed by atoms with Gasteiger partial charge in [-0.05, 0) is 56.7 Å². The standard InChI is InChI=1S/C21H29N3O3/c1-4-12-26-18-9-8-17(14-19(18)27-13-5-2)21(25)23-20-10-11-22-24(20)15(3)16-6-7-16/h8-11,14-16H,4-7,12-13H2,1-3H3,(H,23,25). The van der Waals surface area contributed by atoms with Gasteiger partial charge in [0.2, 0.25) is 0 Å². The number of hydrogen-bond acceptors (Lipinski definition) is 4. The van der Waals surface area contributed by atoms with Gasteiger partial charge >= 0.3 is 0 Å². The fourth-order valence-corrected chi connectivity index (χ4v) is 3.01. The second-order valence-corrected chi connectivity index (χ2v) is 7.05. The Kier molecular flexibility index (Phi) is 6.37. The molecule has 1 amide bonds. The first-order chi connectivity index (χ1) is 13.1. The monoisotopic (exact) mass is 371 g/mol. The van der Waals surface area contributed by atoms with E-state index in [0.717, 1.165) is 18.7 Å². The molecule has 1 heterocycles. The van der Waals surface area contributed by atoms with Crippen LogP contribution in [0.25, 0.3) is 0 Å². The summed E-state index contributed by atoms with van der Waals surface area (Å²) in [5.74, 6) is 2.49. The van der Waals surface area contributed by atoms with Gasteiger partial charge in [0.15, 0.2) is 11.5 Å². The average Bonchev–Trinajstić information content (AvgIpc) is 3.43. The van der Waals surface area contributed by atoms with Crippen molar-refractivity contribution in [3.05, 3.63) is 36.0 Å². The maximum atomic E-state index is 12.8. The normalized spacial score (nSPS) is 14.6. The number of rotatable bonds is 10. The number of carbonyl (C=O) groups is 1. The molecule has 146 valence electrons. The Hall–Kier alpha value is -2.50. The Balaban J connectivity index is 1.75. The molecule has 1 aliphatic rings. The molecule has 0 aliphatic heterocycles. The lowest BCUT2D eigenvalue weighted by atomic mass is 10.2. The molecule has 0 bridgehead atoms. The van der Waals surface area contributed by atoms with Gasteiger partial charge in [0, 0.05) is 11.6 Å². The Labute approximate surface area is 160 Å². The highest BCUT2D eigenvalue weighted by atomic mass is 16.5. The molecular weight excluding hydrogens is 342 g/mol. The van der Waals surface area contributed by atoms with Gasteiger partial charge in [-0.1, -0.05) is 13.8 Å². The lowest BCUT2D eigenvalue weighted by molar-refractivity contribution is 0.102. The lowest BCUT2D eigenvalue weighted by Crippen LogP contribution is -2.18. The maximum absolute atomic E-state index is 12.8. The van der Waals surface area contributed by atoms with Crippen LogP contribution in [0.4, 0.5) is 5.82 Å². The first-order valence-corrected chi connectivity index (χ1v) is 9.88. The minimum absolute atomic E-state index is 0.178. The molecule has 27 heavy (non-hydrogen) atoms. The fourth-order valence-electron chi connectivity index (χ4n) is 3.01. The first-order valence-electron chi connectivity index (χ1n) is 9.88. The third-order valence-electron chi connectivity index (χ3n) is 4.73. The molecule has 0 radical (unpaired) electrons. The highest BCUT2D eigenvalue weighted by molar-refractivity contribution is 6.04. The van der Waals surface area contributed by atoms with Crippen molar-refractivity contribution in [2.75, 3.05) is 18.5 Å². The highest BCUT2D eigenvalue weighted by Crippen LogP contribution is 2.40. The summed E-state index contributed by atoms with van der Waals surface area (Å²) in [6.45, 7) is 7.45. The zero-order valence-corrected chi connectivity index (χ0v) is 16.4. The molecule has 1 aliphatic carbocycles. The minimum Gasteiger partial charge on any atom is -0.490 e. The second kappa shape index (κ2) is 8.93. The van der Waals surface area contributed by atoms with Crippen LogP contribution in [0, 0.1) is 5.92 Å². The molecule has 1 atom stereocenters. The van der Waals surface area contributed by atoms with Crippen LogP contribution in [0.2, 0.25) is 0 Å². The third-order valence-corrected chi connectivity index (χ3v) is 4.73. The summed E-state index contributed by atoms with van der Waals surface area (Å²) >= 11 is 0. The van der Waals surface area contributed by atoms with Crippen molar-refractivity contribution in [2.24, 2.45) is 5.92 Å².